The number of carbonyl (C=O) groups excluding carboxylic acids is 1. The minimum atomic E-state index is -4.53. The first-order chi connectivity index (χ1) is 13.1. The van der Waals surface area contributed by atoms with E-state index in [1.165, 1.54) is 22.9 Å². The van der Waals surface area contributed by atoms with Crippen molar-refractivity contribution in [3.8, 4) is 0 Å². The lowest BCUT2D eigenvalue weighted by Gasteiger charge is -2.61. The second-order valence-electron chi connectivity index (χ2n) is 7.75. The molecule has 1 amide bonds. The van der Waals surface area contributed by atoms with Crippen LogP contribution in [0.25, 0.3) is 0 Å². The predicted molar refractivity (Wildman–Crippen MR) is 95.5 cm³/mol. The maximum Gasteiger partial charge on any atom is 0.416 e. The highest BCUT2D eigenvalue weighted by molar-refractivity contribution is 5.92. The SMILES string of the molecule is C[C@@H](NC(=O)c1ccc(=O)n(C23CC(C2)C3)n1)c1cc(N)cc(C(F)(F)F)c1. The summed E-state index contributed by atoms with van der Waals surface area (Å²) in [5.74, 6) is 0.0707. The van der Waals surface area contributed by atoms with E-state index in [-0.39, 0.29) is 28.0 Å². The van der Waals surface area contributed by atoms with Crippen molar-refractivity contribution >= 4 is 11.6 Å². The summed E-state index contributed by atoms with van der Waals surface area (Å²) in [5.41, 5.74) is 4.43. The molecule has 3 fully saturated rings. The molecule has 2 aromatic rings. The molecular formula is C19H19F3N4O2. The Morgan fingerprint density at radius 2 is 1.96 bits per heavy atom. The zero-order valence-electron chi connectivity index (χ0n) is 15.1. The number of nitrogens with two attached hydrogens (primary N) is 1. The van der Waals surface area contributed by atoms with Gasteiger partial charge < -0.3 is 11.1 Å². The molecule has 3 N–H and O–H groups in total. The Hall–Kier alpha value is -2.84. The number of benzene rings is 1. The van der Waals surface area contributed by atoms with E-state index in [0.717, 1.165) is 31.4 Å². The van der Waals surface area contributed by atoms with E-state index >= 15 is 0 Å². The topological polar surface area (TPSA) is 90.0 Å². The first kappa shape index (κ1) is 18.5. The maximum absolute atomic E-state index is 13.0. The normalized spacial score (nSPS) is 24.1. The lowest BCUT2D eigenvalue weighted by atomic mass is 9.50. The van der Waals surface area contributed by atoms with Gasteiger partial charge in [-0.3, -0.25) is 9.59 Å². The number of amides is 1. The average Bonchev–Trinajstić information content (AvgIpc) is 2.52. The lowest BCUT2D eigenvalue weighted by molar-refractivity contribution is -0.137. The Labute approximate surface area is 158 Å². The van der Waals surface area contributed by atoms with Crippen molar-refractivity contribution < 1.29 is 18.0 Å². The molecular weight excluding hydrogens is 373 g/mol. The number of hydrogen-bond acceptors (Lipinski definition) is 4. The van der Waals surface area contributed by atoms with Gasteiger partial charge in [-0.15, -0.1) is 0 Å². The maximum atomic E-state index is 13.0. The number of anilines is 1. The standard InChI is InChI=1S/C19H19F3N4O2/c1-10(12-4-13(19(20,21)22)6-14(23)5-12)24-17(28)15-2-3-16(27)26(25-15)18-7-11(8-18)9-18/h2-6,10-11H,7-9,23H2,1H3,(H,24,28)/t10-,11?,18?/m1/s1. The fourth-order valence-electron chi connectivity index (χ4n) is 4.01. The van der Waals surface area contributed by atoms with Crippen molar-refractivity contribution in [2.24, 2.45) is 5.92 Å². The molecule has 0 saturated heterocycles. The van der Waals surface area contributed by atoms with Crippen LogP contribution in [0.1, 0.15) is 53.8 Å². The summed E-state index contributed by atoms with van der Waals surface area (Å²) in [6.45, 7) is 1.56. The van der Waals surface area contributed by atoms with E-state index < -0.39 is 23.7 Å². The molecule has 148 valence electrons. The number of rotatable bonds is 4. The Morgan fingerprint density at radius 3 is 2.54 bits per heavy atom. The predicted octanol–water partition coefficient (Wildman–Crippen LogP) is 2.84. The molecule has 0 radical (unpaired) electrons. The van der Waals surface area contributed by atoms with Crippen molar-refractivity contribution in [3.63, 3.8) is 0 Å². The highest BCUT2D eigenvalue weighted by atomic mass is 19.4. The Kier molecular flexibility index (Phi) is 4.02. The number of alkyl halides is 3. The van der Waals surface area contributed by atoms with E-state index in [4.69, 9.17) is 5.73 Å². The van der Waals surface area contributed by atoms with Gasteiger partial charge in [0.15, 0.2) is 0 Å². The van der Waals surface area contributed by atoms with E-state index in [1.54, 1.807) is 6.92 Å². The van der Waals surface area contributed by atoms with Gasteiger partial charge in [0.2, 0.25) is 0 Å². The third-order valence-corrected chi connectivity index (χ3v) is 5.64. The number of carbonyl (C=O) groups is 1. The van der Waals surface area contributed by atoms with Crippen LogP contribution in [-0.2, 0) is 11.7 Å². The van der Waals surface area contributed by atoms with Gasteiger partial charge in [0, 0.05) is 11.8 Å². The molecule has 5 rings (SSSR count). The molecule has 6 nitrogen and oxygen atoms in total. The number of hydrogen-bond donors (Lipinski definition) is 2. The number of nitrogens with one attached hydrogen (secondary N) is 1. The smallest absolute Gasteiger partial charge is 0.399 e. The lowest BCUT2D eigenvalue weighted by Crippen LogP contribution is -2.63. The van der Waals surface area contributed by atoms with Crippen LogP contribution >= 0.6 is 0 Å². The Balaban J connectivity index is 1.55. The van der Waals surface area contributed by atoms with Gasteiger partial charge in [0.05, 0.1) is 17.1 Å². The summed E-state index contributed by atoms with van der Waals surface area (Å²) >= 11 is 0. The first-order valence-electron chi connectivity index (χ1n) is 8.97. The minimum Gasteiger partial charge on any atom is -0.399 e. The van der Waals surface area contributed by atoms with Crippen molar-refractivity contribution in [1.29, 1.82) is 0 Å². The summed E-state index contributed by atoms with van der Waals surface area (Å²) in [6.07, 6.45) is -1.85. The molecule has 28 heavy (non-hydrogen) atoms. The van der Waals surface area contributed by atoms with Crippen molar-refractivity contribution in [1.82, 2.24) is 15.1 Å². The zero-order chi connectivity index (χ0) is 20.3. The highest BCUT2D eigenvalue weighted by Gasteiger charge is 2.59. The number of halogens is 3. The summed E-state index contributed by atoms with van der Waals surface area (Å²) < 4.78 is 40.4. The fraction of sp³-hybridized carbons (Fsp3) is 0.421. The number of nitrogens with zero attached hydrogens (tertiary/aromatic N) is 2. The Bertz CT molecular complexity index is 998. The molecule has 1 aromatic heterocycles. The molecule has 2 bridgehead atoms. The average molecular weight is 392 g/mol. The van der Waals surface area contributed by atoms with Gasteiger partial charge in [0.25, 0.3) is 11.5 Å². The molecule has 1 heterocycles. The van der Waals surface area contributed by atoms with Crippen LogP contribution in [0.15, 0.2) is 35.1 Å². The fourth-order valence-corrected chi connectivity index (χ4v) is 4.01. The van der Waals surface area contributed by atoms with Gasteiger partial charge in [-0.2, -0.15) is 18.3 Å². The van der Waals surface area contributed by atoms with E-state index in [9.17, 15) is 22.8 Å². The number of aromatic nitrogens is 2. The van der Waals surface area contributed by atoms with Crippen LogP contribution in [0.5, 0.6) is 0 Å². The second kappa shape index (κ2) is 6.08. The number of nitrogen functional groups attached to an aromatic ring is 1. The third kappa shape index (κ3) is 3.04. The van der Waals surface area contributed by atoms with Crippen LogP contribution in [0.2, 0.25) is 0 Å². The van der Waals surface area contributed by atoms with Gasteiger partial charge in [-0.25, -0.2) is 4.68 Å². The molecule has 3 aliphatic carbocycles. The summed E-state index contributed by atoms with van der Waals surface area (Å²) in [4.78, 5) is 24.7. The van der Waals surface area contributed by atoms with E-state index in [0.29, 0.717) is 5.92 Å². The molecule has 1 aromatic carbocycles. The van der Waals surface area contributed by atoms with Gasteiger partial charge >= 0.3 is 6.18 Å². The van der Waals surface area contributed by atoms with Crippen molar-refractivity contribution in [2.45, 2.75) is 43.9 Å². The van der Waals surface area contributed by atoms with E-state index in [2.05, 4.69) is 10.4 Å². The molecule has 3 saturated carbocycles. The van der Waals surface area contributed by atoms with Gasteiger partial charge in [-0.1, -0.05) is 0 Å². The molecule has 0 aliphatic heterocycles. The minimum absolute atomic E-state index is 0.0405. The van der Waals surface area contributed by atoms with Crippen LogP contribution in [0.4, 0.5) is 18.9 Å². The van der Waals surface area contributed by atoms with Crippen molar-refractivity contribution in [3.05, 3.63) is 57.5 Å². The van der Waals surface area contributed by atoms with Gasteiger partial charge in [-0.05, 0) is 61.9 Å². The zero-order valence-corrected chi connectivity index (χ0v) is 15.1. The van der Waals surface area contributed by atoms with Crippen LogP contribution < -0.4 is 16.6 Å². The van der Waals surface area contributed by atoms with Crippen LogP contribution in [0.3, 0.4) is 0 Å². The Morgan fingerprint density at radius 1 is 1.29 bits per heavy atom. The summed E-state index contributed by atoms with van der Waals surface area (Å²) in [5, 5.41) is 6.84. The monoisotopic (exact) mass is 392 g/mol. The quantitative estimate of drug-likeness (QED) is 0.783. The van der Waals surface area contributed by atoms with Crippen LogP contribution in [0, 0.1) is 5.92 Å². The van der Waals surface area contributed by atoms with E-state index in [1.807, 2.05) is 0 Å². The third-order valence-electron chi connectivity index (χ3n) is 5.64. The molecule has 0 unspecified atom stereocenters. The van der Waals surface area contributed by atoms with Crippen LogP contribution in [-0.4, -0.2) is 15.7 Å². The summed E-state index contributed by atoms with van der Waals surface area (Å²) in [6, 6.07) is 5.09. The van der Waals surface area contributed by atoms with Crippen molar-refractivity contribution in [2.75, 3.05) is 5.73 Å². The molecule has 1 atom stereocenters. The molecule has 3 aliphatic rings. The van der Waals surface area contributed by atoms with Gasteiger partial charge in [0.1, 0.15) is 5.69 Å². The summed E-state index contributed by atoms with van der Waals surface area (Å²) in [7, 11) is 0. The molecule has 9 heteroatoms. The largest absolute Gasteiger partial charge is 0.416 e. The molecule has 0 spiro atoms. The highest BCUT2D eigenvalue weighted by Crippen LogP contribution is 2.61. The second-order valence-corrected chi connectivity index (χ2v) is 7.75. The first-order valence-corrected chi connectivity index (χ1v) is 8.97.